The maximum Gasteiger partial charge on any atom is 0.251 e. The van der Waals surface area contributed by atoms with E-state index in [1.54, 1.807) is 0 Å². The van der Waals surface area contributed by atoms with Crippen molar-refractivity contribution in [2.24, 2.45) is 5.73 Å². The van der Waals surface area contributed by atoms with Gasteiger partial charge in [-0.2, -0.15) is 0 Å². The van der Waals surface area contributed by atoms with E-state index in [1.807, 2.05) is 26.0 Å². The highest BCUT2D eigenvalue weighted by Gasteiger charge is 2.16. The summed E-state index contributed by atoms with van der Waals surface area (Å²) in [6, 6.07) is 6.00. The number of rotatable bonds is 3. The first-order chi connectivity index (χ1) is 7.96. The van der Waals surface area contributed by atoms with Crippen molar-refractivity contribution in [3.63, 3.8) is 0 Å². The number of hydrogen-bond acceptors (Lipinski definition) is 2. The number of hydrogen-bond donors (Lipinski definition) is 2. The minimum Gasteiger partial charge on any atom is -0.350 e. The van der Waals surface area contributed by atoms with Crippen LogP contribution < -0.4 is 11.1 Å². The molecule has 0 saturated carbocycles. The van der Waals surface area contributed by atoms with Crippen molar-refractivity contribution in [1.82, 2.24) is 5.32 Å². The van der Waals surface area contributed by atoms with Crippen LogP contribution in [0.5, 0.6) is 0 Å². The number of amides is 1. The fourth-order valence-electron chi connectivity index (χ4n) is 2.12. The Hall–Kier alpha value is -1.35. The van der Waals surface area contributed by atoms with E-state index in [1.165, 1.54) is 17.5 Å². The fourth-order valence-corrected chi connectivity index (χ4v) is 2.12. The van der Waals surface area contributed by atoms with Crippen molar-refractivity contribution in [3.8, 4) is 0 Å². The van der Waals surface area contributed by atoms with Crippen molar-refractivity contribution < 1.29 is 4.79 Å². The average molecular weight is 232 g/mol. The predicted octanol–water partition coefficient (Wildman–Crippen LogP) is 1.64. The molecule has 0 spiro atoms. The molecule has 1 aliphatic rings. The number of carbonyl (C=O) groups is 1. The minimum atomic E-state index is -0.369. The second-order valence-electron chi connectivity index (χ2n) is 5.51. The largest absolute Gasteiger partial charge is 0.350 e. The Labute approximate surface area is 102 Å². The van der Waals surface area contributed by atoms with Gasteiger partial charge in [-0.15, -0.1) is 0 Å². The lowest BCUT2D eigenvalue weighted by Crippen LogP contribution is -2.45. The number of benzene rings is 1. The number of carbonyl (C=O) groups excluding carboxylic acids is 1. The lowest BCUT2D eigenvalue weighted by molar-refractivity contribution is 0.0946. The van der Waals surface area contributed by atoms with Crippen LogP contribution in [0.2, 0.25) is 0 Å². The fraction of sp³-hybridized carbons (Fsp3) is 0.500. The third-order valence-electron chi connectivity index (χ3n) is 3.07. The molecule has 1 aromatic rings. The van der Waals surface area contributed by atoms with E-state index in [0.717, 1.165) is 18.4 Å². The van der Waals surface area contributed by atoms with Gasteiger partial charge in [0.15, 0.2) is 0 Å². The molecule has 0 bridgehead atoms. The van der Waals surface area contributed by atoms with Crippen molar-refractivity contribution >= 4 is 5.91 Å². The highest BCUT2D eigenvalue weighted by Crippen LogP contribution is 2.22. The lowest BCUT2D eigenvalue weighted by atomic mass is 10.0. The van der Waals surface area contributed by atoms with E-state index >= 15 is 0 Å². The van der Waals surface area contributed by atoms with Crippen LogP contribution in [0.4, 0.5) is 0 Å². The third-order valence-corrected chi connectivity index (χ3v) is 3.07. The molecule has 3 heteroatoms. The standard InChI is InChI=1S/C14H20N2O/c1-14(2,15)9-16-13(17)12-7-6-10-4-3-5-11(10)8-12/h6-8H,3-5,9,15H2,1-2H3,(H,16,17). The van der Waals surface area contributed by atoms with Gasteiger partial charge in [-0.25, -0.2) is 0 Å². The molecule has 17 heavy (non-hydrogen) atoms. The Kier molecular flexibility index (Phi) is 3.20. The molecule has 0 heterocycles. The molecule has 1 aromatic carbocycles. The molecular weight excluding hydrogens is 212 g/mol. The average Bonchev–Trinajstić information content (AvgIpc) is 2.71. The minimum absolute atomic E-state index is 0.0294. The molecule has 0 fully saturated rings. The normalized spacial score (nSPS) is 14.5. The first-order valence-electron chi connectivity index (χ1n) is 6.15. The van der Waals surface area contributed by atoms with Gasteiger partial charge in [-0.1, -0.05) is 6.07 Å². The maximum atomic E-state index is 11.9. The molecule has 0 aliphatic heterocycles. The van der Waals surface area contributed by atoms with E-state index in [4.69, 9.17) is 5.73 Å². The first-order valence-corrected chi connectivity index (χ1v) is 6.15. The molecule has 0 atom stereocenters. The smallest absolute Gasteiger partial charge is 0.251 e. The van der Waals surface area contributed by atoms with Crippen LogP contribution in [-0.4, -0.2) is 18.0 Å². The third kappa shape index (κ3) is 3.07. The quantitative estimate of drug-likeness (QED) is 0.832. The summed E-state index contributed by atoms with van der Waals surface area (Å²) in [6.07, 6.45) is 3.45. The Morgan fingerprint density at radius 3 is 2.76 bits per heavy atom. The first kappa shape index (κ1) is 12.1. The van der Waals surface area contributed by atoms with Gasteiger partial charge < -0.3 is 11.1 Å². The molecule has 0 unspecified atom stereocenters. The molecule has 3 N–H and O–H groups in total. The number of aryl methyl sites for hydroxylation is 2. The number of nitrogens with one attached hydrogen (secondary N) is 1. The van der Waals surface area contributed by atoms with E-state index in [-0.39, 0.29) is 11.4 Å². The number of fused-ring (bicyclic) bond motifs is 1. The van der Waals surface area contributed by atoms with E-state index in [9.17, 15) is 4.79 Å². The molecule has 1 aliphatic carbocycles. The molecule has 2 rings (SSSR count). The van der Waals surface area contributed by atoms with Crippen molar-refractivity contribution in [2.45, 2.75) is 38.6 Å². The summed E-state index contributed by atoms with van der Waals surface area (Å²) in [6.45, 7) is 4.29. The van der Waals surface area contributed by atoms with Gasteiger partial charge in [0.2, 0.25) is 0 Å². The molecule has 1 amide bonds. The van der Waals surface area contributed by atoms with Crippen LogP contribution in [-0.2, 0) is 12.8 Å². The van der Waals surface area contributed by atoms with Gasteiger partial charge >= 0.3 is 0 Å². The Morgan fingerprint density at radius 1 is 1.35 bits per heavy atom. The van der Waals surface area contributed by atoms with Crippen LogP contribution in [0.1, 0.15) is 41.8 Å². The van der Waals surface area contributed by atoms with Crippen LogP contribution in [0, 0.1) is 0 Å². The van der Waals surface area contributed by atoms with Gasteiger partial charge in [-0.05, 0) is 56.4 Å². The number of nitrogens with two attached hydrogens (primary N) is 1. The molecule has 0 radical (unpaired) electrons. The monoisotopic (exact) mass is 232 g/mol. The highest BCUT2D eigenvalue weighted by molar-refractivity contribution is 5.94. The van der Waals surface area contributed by atoms with Crippen molar-refractivity contribution in [3.05, 3.63) is 34.9 Å². The maximum absolute atomic E-state index is 11.9. The van der Waals surface area contributed by atoms with Gasteiger partial charge in [0.25, 0.3) is 5.91 Å². The van der Waals surface area contributed by atoms with E-state index in [0.29, 0.717) is 6.54 Å². The van der Waals surface area contributed by atoms with Crippen LogP contribution in [0.25, 0.3) is 0 Å². The predicted molar refractivity (Wildman–Crippen MR) is 69.1 cm³/mol. The second-order valence-corrected chi connectivity index (χ2v) is 5.51. The van der Waals surface area contributed by atoms with Crippen LogP contribution in [0.15, 0.2) is 18.2 Å². The van der Waals surface area contributed by atoms with Crippen LogP contribution >= 0.6 is 0 Å². The lowest BCUT2D eigenvalue weighted by Gasteiger charge is -2.19. The topological polar surface area (TPSA) is 55.1 Å². The molecule has 92 valence electrons. The highest BCUT2D eigenvalue weighted by atomic mass is 16.1. The molecule has 3 nitrogen and oxygen atoms in total. The van der Waals surface area contributed by atoms with Crippen molar-refractivity contribution in [1.29, 1.82) is 0 Å². The SMILES string of the molecule is CC(C)(N)CNC(=O)c1ccc2c(c1)CCC2. The Balaban J connectivity index is 2.05. The van der Waals surface area contributed by atoms with Crippen molar-refractivity contribution in [2.75, 3.05) is 6.54 Å². The van der Waals surface area contributed by atoms with Gasteiger partial charge in [0.1, 0.15) is 0 Å². The zero-order valence-corrected chi connectivity index (χ0v) is 10.5. The second kappa shape index (κ2) is 4.49. The summed E-state index contributed by atoms with van der Waals surface area (Å²) >= 11 is 0. The Bertz CT molecular complexity index is 432. The van der Waals surface area contributed by atoms with E-state index < -0.39 is 0 Å². The molecule has 0 aromatic heterocycles. The van der Waals surface area contributed by atoms with Gasteiger partial charge in [-0.3, -0.25) is 4.79 Å². The van der Waals surface area contributed by atoms with E-state index in [2.05, 4.69) is 11.4 Å². The summed E-state index contributed by atoms with van der Waals surface area (Å²) in [5, 5.41) is 2.87. The van der Waals surface area contributed by atoms with Crippen LogP contribution in [0.3, 0.4) is 0 Å². The summed E-state index contributed by atoms with van der Waals surface area (Å²) in [5.41, 5.74) is 8.93. The summed E-state index contributed by atoms with van der Waals surface area (Å²) in [7, 11) is 0. The summed E-state index contributed by atoms with van der Waals surface area (Å²) in [4.78, 5) is 11.9. The van der Waals surface area contributed by atoms with Gasteiger partial charge in [0, 0.05) is 17.6 Å². The summed E-state index contributed by atoms with van der Waals surface area (Å²) in [5.74, 6) is -0.0294. The molecular formula is C14H20N2O. The molecule has 0 saturated heterocycles. The zero-order chi connectivity index (χ0) is 12.5. The Morgan fingerprint density at radius 2 is 2.06 bits per heavy atom. The summed E-state index contributed by atoms with van der Waals surface area (Å²) < 4.78 is 0. The van der Waals surface area contributed by atoms with Gasteiger partial charge in [0.05, 0.1) is 0 Å². The zero-order valence-electron chi connectivity index (χ0n) is 10.5.